The van der Waals surface area contributed by atoms with Gasteiger partial charge in [-0.2, -0.15) is 0 Å². The summed E-state index contributed by atoms with van der Waals surface area (Å²) in [5, 5.41) is 23.2. The first kappa shape index (κ1) is 29.3. The van der Waals surface area contributed by atoms with Gasteiger partial charge in [0.15, 0.2) is 0 Å². The molecule has 32 heavy (non-hydrogen) atoms. The van der Waals surface area contributed by atoms with Gasteiger partial charge >= 0.3 is 18.0 Å². The summed E-state index contributed by atoms with van der Waals surface area (Å²) in [6, 6.07) is -0.0901. The highest BCUT2D eigenvalue weighted by molar-refractivity contribution is 6.40. The topological polar surface area (TPSA) is 145 Å². The average Bonchev–Trinajstić information content (AvgIpc) is 2.73. The van der Waals surface area contributed by atoms with E-state index in [1.165, 1.54) is 0 Å². The largest absolute Gasteiger partial charge is 0.481 e. The molecule has 0 aliphatic carbocycles. The maximum atomic E-state index is 11.6. The van der Waals surface area contributed by atoms with Gasteiger partial charge in [0.2, 0.25) is 5.91 Å². The Morgan fingerprint density at radius 3 is 1.91 bits per heavy atom. The van der Waals surface area contributed by atoms with Crippen molar-refractivity contribution in [1.82, 2.24) is 10.6 Å². The zero-order valence-electron chi connectivity index (χ0n) is 19.2. The minimum absolute atomic E-state index is 0.0901. The molecule has 0 aromatic carbocycles. The van der Waals surface area contributed by atoms with E-state index in [1.807, 2.05) is 0 Å². The molecule has 182 valence electrons. The normalized spacial score (nSPS) is 11.5. The lowest BCUT2D eigenvalue weighted by Gasteiger charge is -2.06. The fourth-order valence-corrected chi connectivity index (χ4v) is 2.87. The predicted octanol–water partition coefficient (Wildman–Crippen LogP) is 4.07. The lowest BCUT2D eigenvalue weighted by atomic mass is 10.1. The van der Waals surface area contributed by atoms with Gasteiger partial charge in [-0.1, -0.05) is 44.8 Å². The first-order valence-corrected chi connectivity index (χ1v) is 11.6. The number of carbonyl (C=O) groups excluding carboxylic acids is 2. The van der Waals surface area contributed by atoms with E-state index in [4.69, 9.17) is 10.2 Å². The second-order valence-corrected chi connectivity index (χ2v) is 7.64. The molecule has 0 saturated carbocycles. The van der Waals surface area contributed by atoms with E-state index in [9.17, 15) is 19.2 Å². The predicted molar refractivity (Wildman–Crippen MR) is 124 cm³/mol. The van der Waals surface area contributed by atoms with E-state index in [0.29, 0.717) is 13.0 Å². The van der Waals surface area contributed by atoms with Gasteiger partial charge < -0.3 is 20.8 Å². The van der Waals surface area contributed by atoms with Crippen molar-refractivity contribution in [2.75, 3.05) is 13.1 Å². The van der Waals surface area contributed by atoms with Crippen LogP contribution in [0.3, 0.4) is 0 Å². The van der Waals surface area contributed by atoms with Gasteiger partial charge in [-0.15, -0.1) is 0 Å². The standard InChI is InChI=1S/C23H39N3O6/c1-2-3-13-16-24-23(32)25-17-14-11-9-7-5-4-6-8-10-12-15-20(27)26-19(22(30)31)18-21(28)29/h5,7H,2-4,6,8-18H2,1H3,(H,28,29)(H,30,31)(H2,24,25,32)/b7-5-,26-19?. The number of carbonyl (C=O) groups is 4. The summed E-state index contributed by atoms with van der Waals surface area (Å²) in [7, 11) is 0. The summed E-state index contributed by atoms with van der Waals surface area (Å²) >= 11 is 0. The van der Waals surface area contributed by atoms with Gasteiger partial charge in [0.25, 0.3) is 0 Å². The molecule has 0 unspecified atom stereocenters. The summed E-state index contributed by atoms with van der Waals surface area (Å²) in [5.74, 6) is -3.40. The zero-order valence-corrected chi connectivity index (χ0v) is 19.2. The Labute approximate surface area is 190 Å². The first-order chi connectivity index (χ1) is 15.4. The van der Waals surface area contributed by atoms with E-state index in [0.717, 1.165) is 70.8 Å². The van der Waals surface area contributed by atoms with E-state index >= 15 is 0 Å². The molecule has 0 rings (SSSR count). The number of rotatable bonds is 19. The maximum Gasteiger partial charge on any atom is 0.350 e. The number of carboxylic acid groups (broad SMARTS) is 2. The number of unbranched alkanes of at least 4 members (excludes halogenated alkanes) is 8. The van der Waals surface area contributed by atoms with Gasteiger partial charge in [0.1, 0.15) is 5.71 Å². The van der Waals surface area contributed by atoms with Gasteiger partial charge in [-0.3, -0.25) is 9.59 Å². The Morgan fingerprint density at radius 2 is 1.34 bits per heavy atom. The minimum Gasteiger partial charge on any atom is -0.481 e. The van der Waals surface area contributed by atoms with Crippen molar-refractivity contribution in [3.8, 4) is 0 Å². The van der Waals surface area contributed by atoms with E-state index in [1.54, 1.807) is 0 Å². The van der Waals surface area contributed by atoms with Crippen LogP contribution in [-0.2, 0) is 14.4 Å². The molecule has 0 aliphatic heterocycles. The third kappa shape index (κ3) is 19.3. The number of allylic oxidation sites excluding steroid dienone is 2. The number of amides is 3. The molecule has 0 radical (unpaired) electrons. The quantitative estimate of drug-likeness (QED) is 0.132. The Morgan fingerprint density at radius 1 is 0.781 bits per heavy atom. The van der Waals surface area contributed by atoms with Crippen LogP contribution in [0.1, 0.15) is 90.4 Å². The molecule has 9 nitrogen and oxygen atoms in total. The molecule has 9 heteroatoms. The van der Waals surface area contributed by atoms with Crippen LogP contribution >= 0.6 is 0 Å². The third-order valence-corrected chi connectivity index (χ3v) is 4.65. The molecule has 0 aromatic heterocycles. The minimum atomic E-state index is -1.48. The molecule has 0 spiro atoms. The average molecular weight is 454 g/mol. The van der Waals surface area contributed by atoms with Crippen molar-refractivity contribution in [1.29, 1.82) is 0 Å². The lowest BCUT2D eigenvalue weighted by molar-refractivity contribution is -0.137. The molecule has 0 aromatic rings. The highest BCUT2D eigenvalue weighted by atomic mass is 16.4. The zero-order chi connectivity index (χ0) is 24.0. The van der Waals surface area contributed by atoms with Crippen LogP contribution in [0, 0.1) is 0 Å². The van der Waals surface area contributed by atoms with Crippen molar-refractivity contribution >= 4 is 29.6 Å². The van der Waals surface area contributed by atoms with Crippen molar-refractivity contribution in [2.24, 2.45) is 4.99 Å². The van der Waals surface area contributed by atoms with E-state index in [-0.39, 0.29) is 12.5 Å². The molecule has 0 fully saturated rings. The van der Waals surface area contributed by atoms with Crippen molar-refractivity contribution in [3.05, 3.63) is 12.2 Å². The molecule has 4 N–H and O–H groups in total. The van der Waals surface area contributed by atoms with Crippen molar-refractivity contribution in [2.45, 2.75) is 90.4 Å². The fourth-order valence-electron chi connectivity index (χ4n) is 2.87. The molecule has 3 amide bonds. The summed E-state index contributed by atoms with van der Waals surface area (Å²) in [4.78, 5) is 48.0. The molecule has 0 aliphatic rings. The number of carboxylic acids is 2. The number of urea groups is 1. The van der Waals surface area contributed by atoms with Crippen LogP contribution in [0.4, 0.5) is 4.79 Å². The van der Waals surface area contributed by atoms with Gasteiger partial charge in [-0.25, -0.2) is 14.6 Å². The molecular formula is C23H39N3O6. The number of aliphatic imine (C=N–C) groups is 1. The second-order valence-electron chi connectivity index (χ2n) is 7.64. The Hall–Kier alpha value is -2.71. The molecular weight excluding hydrogens is 414 g/mol. The monoisotopic (exact) mass is 453 g/mol. The van der Waals surface area contributed by atoms with E-state index < -0.39 is 30.0 Å². The molecule has 0 heterocycles. The number of nitrogens with zero attached hydrogens (tertiary/aromatic N) is 1. The summed E-state index contributed by atoms with van der Waals surface area (Å²) in [6.07, 6.45) is 14.3. The molecule has 0 bridgehead atoms. The van der Waals surface area contributed by atoms with Crippen LogP contribution in [0.5, 0.6) is 0 Å². The lowest BCUT2D eigenvalue weighted by Crippen LogP contribution is -2.36. The maximum absolute atomic E-state index is 11.6. The number of hydrogen-bond acceptors (Lipinski definition) is 4. The Bertz CT molecular complexity index is 631. The van der Waals surface area contributed by atoms with Gasteiger partial charge in [0, 0.05) is 19.5 Å². The molecule has 0 atom stereocenters. The molecule has 0 saturated heterocycles. The highest BCUT2D eigenvalue weighted by Gasteiger charge is 2.15. The van der Waals surface area contributed by atoms with Crippen LogP contribution in [0.25, 0.3) is 0 Å². The number of aliphatic carboxylic acids is 2. The van der Waals surface area contributed by atoms with Crippen LogP contribution in [-0.4, -0.2) is 52.9 Å². The van der Waals surface area contributed by atoms with Gasteiger partial charge in [0.05, 0.1) is 6.42 Å². The Kier molecular flexibility index (Phi) is 18.5. The summed E-state index contributed by atoms with van der Waals surface area (Å²) in [6.45, 7) is 3.54. The van der Waals surface area contributed by atoms with Crippen molar-refractivity contribution < 1.29 is 29.4 Å². The SMILES string of the molecule is CCCCCNC(=O)NCCCC/C=C\CCCCCCC(=O)N=C(CC(=O)O)C(=O)O. The smallest absolute Gasteiger partial charge is 0.350 e. The highest BCUT2D eigenvalue weighted by Crippen LogP contribution is 2.08. The Balaban J connectivity index is 3.61. The third-order valence-electron chi connectivity index (χ3n) is 4.65. The van der Waals surface area contributed by atoms with Crippen LogP contribution in [0.15, 0.2) is 17.1 Å². The van der Waals surface area contributed by atoms with Crippen LogP contribution < -0.4 is 10.6 Å². The fraction of sp³-hybridized carbons (Fsp3) is 0.696. The van der Waals surface area contributed by atoms with Crippen molar-refractivity contribution in [3.63, 3.8) is 0 Å². The van der Waals surface area contributed by atoms with Gasteiger partial charge in [-0.05, 0) is 44.9 Å². The number of nitrogens with one attached hydrogen (secondary N) is 2. The second kappa shape index (κ2) is 20.2. The summed E-state index contributed by atoms with van der Waals surface area (Å²) < 4.78 is 0. The summed E-state index contributed by atoms with van der Waals surface area (Å²) in [5.41, 5.74) is -0.630. The van der Waals surface area contributed by atoms with E-state index in [2.05, 4.69) is 34.7 Å². The van der Waals surface area contributed by atoms with Crippen LogP contribution in [0.2, 0.25) is 0 Å². The first-order valence-electron chi connectivity index (χ1n) is 11.6. The number of hydrogen-bond donors (Lipinski definition) is 4.